The van der Waals surface area contributed by atoms with Gasteiger partial charge in [0.25, 0.3) is 0 Å². The van der Waals surface area contributed by atoms with E-state index < -0.39 is 11.7 Å². The monoisotopic (exact) mass is 396 g/mol. The molecule has 0 amide bonds. The number of halogens is 5. The van der Waals surface area contributed by atoms with Gasteiger partial charge in [-0.2, -0.15) is 13.2 Å². The van der Waals surface area contributed by atoms with Crippen LogP contribution >= 0.6 is 31.9 Å². The molecule has 0 unspecified atom stereocenters. The average molecular weight is 398 g/mol. The van der Waals surface area contributed by atoms with Crippen LogP contribution in [0.3, 0.4) is 0 Å². The minimum Gasteiger partial charge on any atom is -0.338 e. The summed E-state index contributed by atoms with van der Waals surface area (Å²) >= 11 is 6.31. The van der Waals surface area contributed by atoms with Crippen LogP contribution in [0.2, 0.25) is 0 Å². The third kappa shape index (κ3) is 3.63. The Hall–Kier alpha value is -1.22. The molecule has 1 N–H and O–H groups in total. The molecule has 0 saturated heterocycles. The van der Waals surface area contributed by atoms with Gasteiger partial charge in [0.2, 0.25) is 0 Å². The van der Waals surface area contributed by atoms with Gasteiger partial charge >= 0.3 is 6.18 Å². The quantitative estimate of drug-likeness (QED) is 0.826. The molecule has 4 nitrogen and oxygen atoms in total. The van der Waals surface area contributed by atoms with E-state index in [1.165, 1.54) is 6.07 Å². The third-order valence-electron chi connectivity index (χ3n) is 2.07. The van der Waals surface area contributed by atoms with Crippen LogP contribution in [-0.2, 0) is 6.18 Å². The van der Waals surface area contributed by atoms with Gasteiger partial charge in [0, 0.05) is 6.20 Å². The molecular weight excluding hydrogens is 393 g/mol. The molecule has 9 heteroatoms. The lowest BCUT2D eigenvalue weighted by Crippen LogP contribution is -2.06. The second-order valence-corrected chi connectivity index (χ2v) is 4.99. The van der Waals surface area contributed by atoms with Gasteiger partial charge < -0.3 is 5.32 Å². The van der Waals surface area contributed by atoms with E-state index in [0.717, 1.165) is 12.3 Å². The summed E-state index contributed by atoms with van der Waals surface area (Å²) in [6.07, 6.45) is -3.63. The lowest BCUT2D eigenvalue weighted by molar-refractivity contribution is -0.137. The second kappa shape index (κ2) is 5.41. The topological polar surface area (TPSA) is 50.7 Å². The van der Waals surface area contributed by atoms with Crippen molar-refractivity contribution < 1.29 is 13.2 Å². The van der Waals surface area contributed by atoms with Gasteiger partial charge in [-0.25, -0.2) is 4.98 Å². The van der Waals surface area contributed by atoms with Crippen molar-refractivity contribution in [2.75, 3.05) is 5.32 Å². The van der Waals surface area contributed by atoms with Crippen molar-refractivity contribution in [3.05, 3.63) is 39.2 Å². The molecular formula is C10H5Br2F3N4. The molecule has 0 fully saturated rings. The average Bonchev–Trinajstić information content (AvgIpc) is 2.33. The second-order valence-electron chi connectivity index (χ2n) is 3.43. The molecule has 19 heavy (non-hydrogen) atoms. The Balaban J connectivity index is 2.22. The maximum absolute atomic E-state index is 12.4. The molecule has 0 radical (unpaired) electrons. The van der Waals surface area contributed by atoms with Crippen LogP contribution in [0, 0.1) is 0 Å². The van der Waals surface area contributed by atoms with Crippen molar-refractivity contribution >= 4 is 43.4 Å². The number of rotatable bonds is 2. The van der Waals surface area contributed by atoms with Gasteiger partial charge in [0.05, 0.1) is 11.3 Å². The summed E-state index contributed by atoms with van der Waals surface area (Å²) < 4.78 is 38.0. The zero-order valence-electron chi connectivity index (χ0n) is 9.04. The number of anilines is 2. The summed E-state index contributed by atoms with van der Waals surface area (Å²) in [5.41, 5.74) is -0.264. The maximum atomic E-state index is 12.4. The molecule has 100 valence electrons. The summed E-state index contributed by atoms with van der Waals surface area (Å²) in [5.74, 6) is 0.272. The van der Waals surface area contributed by atoms with Crippen LogP contribution in [0.5, 0.6) is 0 Å². The molecule has 0 atom stereocenters. The predicted octanol–water partition coefficient (Wildman–Crippen LogP) is 4.16. The molecule has 2 aromatic heterocycles. The van der Waals surface area contributed by atoms with Crippen molar-refractivity contribution in [2.24, 2.45) is 0 Å². The molecule has 0 aliphatic carbocycles. The van der Waals surface area contributed by atoms with Crippen molar-refractivity contribution in [3.8, 4) is 0 Å². The fourth-order valence-corrected chi connectivity index (χ4v) is 1.82. The Bertz CT molecular complexity index is 586. The smallest absolute Gasteiger partial charge is 0.338 e. The summed E-state index contributed by atoms with van der Waals surface area (Å²) in [7, 11) is 0. The number of hydrogen-bond acceptors (Lipinski definition) is 4. The summed E-state index contributed by atoms with van der Waals surface area (Å²) in [6.45, 7) is 0. The summed E-state index contributed by atoms with van der Waals surface area (Å²) in [6, 6.07) is 3.81. The number of aromatic nitrogens is 3. The molecule has 0 bridgehead atoms. The number of pyridine rings is 1. The normalized spacial score (nSPS) is 11.4. The van der Waals surface area contributed by atoms with E-state index >= 15 is 0 Å². The fraction of sp³-hybridized carbons (Fsp3) is 0.100. The largest absolute Gasteiger partial charge is 0.417 e. The summed E-state index contributed by atoms with van der Waals surface area (Å²) in [5, 5.41) is 10.4. The Morgan fingerprint density at radius 2 is 1.84 bits per heavy atom. The highest BCUT2D eigenvalue weighted by Crippen LogP contribution is 2.30. The highest BCUT2D eigenvalue weighted by atomic mass is 79.9. The van der Waals surface area contributed by atoms with Crippen molar-refractivity contribution in [1.29, 1.82) is 0 Å². The van der Waals surface area contributed by atoms with E-state index in [1.807, 2.05) is 0 Å². The van der Waals surface area contributed by atoms with E-state index in [0.29, 0.717) is 14.9 Å². The molecule has 0 spiro atoms. The van der Waals surface area contributed by atoms with Gasteiger partial charge in [-0.05, 0) is 50.1 Å². The van der Waals surface area contributed by atoms with Gasteiger partial charge in [-0.3, -0.25) is 0 Å². The number of nitrogens with zero attached hydrogens (tertiary/aromatic N) is 3. The van der Waals surface area contributed by atoms with Gasteiger partial charge in [0.15, 0.2) is 4.60 Å². The molecule has 2 aromatic rings. The highest BCUT2D eigenvalue weighted by Gasteiger charge is 2.30. The number of hydrogen-bond donors (Lipinski definition) is 1. The minimum absolute atomic E-state index is 0.272. The van der Waals surface area contributed by atoms with E-state index in [2.05, 4.69) is 52.4 Å². The Labute approximate surface area is 122 Å². The SMILES string of the molecule is FC(F)(F)c1ccc(Nc2cc(Br)nnc2Br)nc1. The van der Waals surface area contributed by atoms with Crippen molar-refractivity contribution in [2.45, 2.75) is 6.18 Å². The Morgan fingerprint density at radius 3 is 2.42 bits per heavy atom. The van der Waals surface area contributed by atoms with E-state index in [4.69, 9.17) is 0 Å². The molecule has 2 rings (SSSR count). The van der Waals surface area contributed by atoms with Crippen molar-refractivity contribution in [3.63, 3.8) is 0 Å². The van der Waals surface area contributed by atoms with Gasteiger partial charge in [0.1, 0.15) is 10.4 Å². The lowest BCUT2D eigenvalue weighted by Gasteiger charge is -2.09. The first-order valence-electron chi connectivity index (χ1n) is 4.85. The predicted molar refractivity (Wildman–Crippen MR) is 70.0 cm³/mol. The summed E-state index contributed by atoms with van der Waals surface area (Å²) in [4.78, 5) is 3.70. The molecule has 0 saturated carbocycles. The fourth-order valence-electron chi connectivity index (χ4n) is 1.21. The van der Waals surface area contributed by atoms with E-state index in [9.17, 15) is 13.2 Å². The Kier molecular flexibility index (Phi) is 4.04. The molecule has 0 aliphatic rings. The first-order chi connectivity index (χ1) is 8.86. The maximum Gasteiger partial charge on any atom is 0.417 e. The lowest BCUT2D eigenvalue weighted by atomic mass is 10.3. The van der Waals surface area contributed by atoms with Gasteiger partial charge in [-0.15, -0.1) is 10.2 Å². The van der Waals surface area contributed by atoms with Crippen LogP contribution < -0.4 is 5.32 Å². The minimum atomic E-state index is -4.40. The molecule has 0 aliphatic heterocycles. The third-order valence-corrected chi connectivity index (χ3v) is 3.05. The zero-order valence-corrected chi connectivity index (χ0v) is 12.2. The zero-order chi connectivity index (χ0) is 14.0. The Morgan fingerprint density at radius 1 is 1.11 bits per heavy atom. The van der Waals surface area contributed by atoms with Crippen molar-refractivity contribution in [1.82, 2.24) is 15.2 Å². The van der Waals surface area contributed by atoms with E-state index in [-0.39, 0.29) is 5.82 Å². The van der Waals surface area contributed by atoms with E-state index in [1.54, 1.807) is 6.07 Å². The number of nitrogens with one attached hydrogen (secondary N) is 1. The van der Waals surface area contributed by atoms with Gasteiger partial charge in [-0.1, -0.05) is 0 Å². The number of alkyl halides is 3. The first-order valence-corrected chi connectivity index (χ1v) is 6.44. The van der Waals surface area contributed by atoms with Crippen LogP contribution in [0.4, 0.5) is 24.7 Å². The van der Waals surface area contributed by atoms with Crippen LogP contribution in [-0.4, -0.2) is 15.2 Å². The highest BCUT2D eigenvalue weighted by molar-refractivity contribution is 9.11. The first kappa shape index (κ1) is 14.2. The van der Waals surface area contributed by atoms with Crippen LogP contribution in [0.25, 0.3) is 0 Å². The molecule has 2 heterocycles. The van der Waals surface area contributed by atoms with Crippen LogP contribution in [0.1, 0.15) is 5.56 Å². The molecule has 0 aromatic carbocycles. The standard InChI is InChI=1S/C10H5Br2F3N4/c11-7-3-6(9(12)19-18-7)17-8-2-1-5(4-16-8)10(13,14)15/h1-4H,(H,16,17,18). The van der Waals surface area contributed by atoms with Crippen LogP contribution in [0.15, 0.2) is 33.6 Å².